The number of likely N-dealkylation sites (tertiary alicyclic amines) is 2. The third-order valence-corrected chi connectivity index (χ3v) is 7.54. The molecule has 1 spiro atoms. The number of benzene rings is 1. The highest BCUT2D eigenvalue weighted by atomic mass is 16.6. The summed E-state index contributed by atoms with van der Waals surface area (Å²) in [4.78, 5) is 29.1. The van der Waals surface area contributed by atoms with E-state index in [1.54, 1.807) is 0 Å². The first kappa shape index (κ1) is 23.9. The van der Waals surface area contributed by atoms with Crippen LogP contribution in [0.5, 0.6) is 0 Å². The second-order valence-corrected chi connectivity index (χ2v) is 10.9. The van der Waals surface area contributed by atoms with E-state index in [4.69, 9.17) is 9.47 Å². The topological polar surface area (TPSA) is 71.1 Å². The lowest BCUT2D eigenvalue weighted by atomic mass is 9.58. The Balaban J connectivity index is 1.19. The summed E-state index contributed by atoms with van der Waals surface area (Å²) >= 11 is 0. The van der Waals surface area contributed by atoms with Gasteiger partial charge in [0.2, 0.25) is 0 Å². The Hall–Kier alpha value is -2.28. The van der Waals surface area contributed by atoms with Crippen LogP contribution in [0, 0.1) is 5.41 Å². The molecule has 2 aliphatic heterocycles. The van der Waals surface area contributed by atoms with Crippen LogP contribution < -0.4 is 5.32 Å². The first-order valence-electron chi connectivity index (χ1n) is 12.4. The summed E-state index contributed by atoms with van der Waals surface area (Å²) in [6.07, 6.45) is 6.01. The quantitative estimate of drug-likeness (QED) is 0.718. The van der Waals surface area contributed by atoms with Crippen molar-refractivity contribution in [2.45, 2.75) is 83.6 Å². The second kappa shape index (κ2) is 9.92. The minimum atomic E-state index is -0.447. The summed E-state index contributed by atoms with van der Waals surface area (Å²) in [6.45, 7) is 9.64. The van der Waals surface area contributed by atoms with E-state index in [1.807, 2.05) is 56.0 Å². The van der Waals surface area contributed by atoms with Gasteiger partial charge in [-0.1, -0.05) is 30.3 Å². The molecular formula is C26H39N3O4. The average Bonchev–Trinajstić information content (AvgIpc) is 2.78. The summed E-state index contributed by atoms with van der Waals surface area (Å²) in [7, 11) is 0. The zero-order valence-electron chi connectivity index (χ0n) is 20.3. The molecule has 1 aromatic carbocycles. The van der Waals surface area contributed by atoms with Crippen LogP contribution in [-0.2, 0) is 16.1 Å². The maximum absolute atomic E-state index is 12.4. The number of carbonyl (C=O) groups excluding carboxylic acids is 2. The molecule has 0 radical (unpaired) electrons. The van der Waals surface area contributed by atoms with Gasteiger partial charge in [0.25, 0.3) is 0 Å². The molecule has 2 saturated heterocycles. The summed E-state index contributed by atoms with van der Waals surface area (Å²) in [5, 5.41) is 3.05. The third-order valence-electron chi connectivity index (χ3n) is 7.54. The third kappa shape index (κ3) is 5.99. The van der Waals surface area contributed by atoms with Gasteiger partial charge in [-0.2, -0.15) is 0 Å². The van der Waals surface area contributed by atoms with Gasteiger partial charge < -0.3 is 19.7 Å². The largest absolute Gasteiger partial charge is 0.445 e. The molecule has 1 aromatic rings. The number of ether oxygens (including phenoxy) is 2. The van der Waals surface area contributed by atoms with Gasteiger partial charge in [-0.3, -0.25) is 4.90 Å². The Morgan fingerprint density at radius 1 is 1.00 bits per heavy atom. The van der Waals surface area contributed by atoms with E-state index in [0.717, 1.165) is 57.4 Å². The number of nitrogens with one attached hydrogen (secondary N) is 1. The lowest BCUT2D eigenvalue weighted by Crippen LogP contribution is -2.61. The Morgan fingerprint density at radius 2 is 1.67 bits per heavy atom. The Kier molecular flexibility index (Phi) is 7.17. The highest BCUT2D eigenvalue weighted by Gasteiger charge is 2.51. The van der Waals surface area contributed by atoms with Crippen molar-refractivity contribution in [1.29, 1.82) is 0 Å². The molecule has 2 heterocycles. The number of amides is 2. The number of carbonyl (C=O) groups is 2. The molecule has 1 atom stereocenters. The lowest BCUT2D eigenvalue weighted by Gasteiger charge is -2.58. The maximum atomic E-state index is 12.4. The van der Waals surface area contributed by atoms with Gasteiger partial charge in [-0.15, -0.1) is 0 Å². The van der Waals surface area contributed by atoms with Gasteiger partial charge in [0.1, 0.15) is 12.2 Å². The van der Waals surface area contributed by atoms with Crippen LogP contribution >= 0.6 is 0 Å². The lowest BCUT2D eigenvalue weighted by molar-refractivity contribution is -0.0770. The van der Waals surface area contributed by atoms with Crippen molar-refractivity contribution in [2.24, 2.45) is 5.41 Å². The van der Waals surface area contributed by atoms with Crippen molar-refractivity contribution in [3.63, 3.8) is 0 Å². The van der Waals surface area contributed by atoms with Crippen LogP contribution in [0.25, 0.3) is 0 Å². The number of alkyl carbamates (subject to hydrolysis) is 1. The van der Waals surface area contributed by atoms with E-state index in [-0.39, 0.29) is 18.2 Å². The number of hydrogen-bond donors (Lipinski definition) is 1. The van der Waals surface area contributed by atoms with E-state index >= 15 is 0 Å². The molecule has 0 aromatic heterocycles. The first-order chi connectivity index (χ1) is 15.7. The van der Waals surface area contributed by atoms with Gasteiger partial charge in [0.05, 0.1) is 0 Å². The van der Waals surface area contributed by atoms with E-state index in [2.05, 4.69) is 10.2 Å². The fourth-order valence-corrected chi connectivity index (χ4v) is 5.58. The second-order valence-electron chi connectivity index (χ2n) is 10.9. The Labute approximate surface area is 197 Å². The predicted molar refractivity (Wildman–Crippen MR) is 127 cm³/mol. The molecule has 33 heavy (non-hydrogen) atoms. The van der Waals surface area contributed by atoms with Crippen molar-refractivity contribution in [2.75, 3.05) is 26.2 Å². The van der Waals surface area contributed by atoms with E-state index in [1.165, 1.54) is 12.8 Å². The predicted octanol–water partition coefficient (Wildman–Crippen LogP) is 4.56. The molecule has 182 valence electrons. The van der Waals surface area contributed by atoms with Crippen LogP contribution in [0.1, 0.15) is 64.9 Å². The van der Waals surface area contributed by atoms with Crippen molar-refractivity contribution < 1.29 is 19.1 Å². The van der Waals surface area contributed by atoms with Crippen LogP contribution in [0.15, 0.2) is 30.3 Å². The van der Waals surface area contributed by atoms with Gasteiger partial charge in [-0.25, -0.2) is 9.59 Å². The molecule has 3 fully saturated rings. The molecule has 1 unspecified atom stereocenters. The molecule has 4 rings (SSSR count). The standard InChI is InChI=1S/C26H39N3O4/c1-25(2,3)33-24(31)29-17-13-26(14-18-29)12-9-22(26)28-15-10-21(11-16-28)27-23(30)32-19-20-7-5-4-6-8-20/h4-8,21-22H,9-19H2,1-3H3,(H,27,30). The van der Waals surface area contributed by atoms with Crippen LogP contribution in [0.2, 0.25) is 0 Å². The molecule has 1 saturated carbocycles. The fourth-order valence-electron chi connectivity index (χ4n) is 5.58. The van der Waals surface area contributed by atoms with Gasteiger partial charge in [-0.05, 0) is 70.3 Å². The highest BCUT2D eigenvalue weighted by Crippen LogP contribution is 2.52. The molecule has 1 aliphatic carbocycles. The van der Waals surface area contributed by atoms with Crippen molar-refractivity contribution in [3.05, 3.63) is 35.9 Å². The van der Waals surface area contributed by atoms with Crippen molar-refractivity contribution in [3.8, 4) is 0 Å². The normalized spacial score (nSPS) is 23.6. The SMILES string of the molecule is CC(C)(C)OC(=O)N1CCC2(CCC2N2CCC(NC(=O)OCc3ccccc3)CC2)CC1. The molecule has 1 N–H and O–H groups in total. The van der Waals surface area contributed by atoms with Crippen LogP contribution in [0.4, 0.5) is 9.59 Å². The summed E-state index contributed by atoms with van der Waals surface area (Å²) in [5.41, 5.74) is 0.890. The van der Waals surface area contributed by atoms with E-state index in [9.17, 15) is 9.59 Å². The summed E-state index contributed by atoms with van der Waals surface area (Å²) < 4.78 is 10.9. The van der Waals surface area contributed by atoms with Gasteiger partial charge >= 0.3 is 12.2 Å². The number of nitrogens with zero attached hydrogens (tertiary/aromatic N) is 2. The smallest absolute Gasteiger partial charge is 0.410 e. The summed E-state index contributed by atoms with van der Waals surface area (Å²) in [6, 6.07) is 10.5. The first-order valence-corrected chi connectivity index (χ1v) is 12.4. The van der Waals surface area contributed by atoms with Crippen LogP contribution in [-0.4, -0.2) is 65.9 Å². The zero-order valence-corrected chi connectivity index (χ0v) is 20.3. The molecule has 0 bridgehead atoms. The minimum Gasteiger partial charge on any atom is -0.445 e. The van der Waals surface area contributed by atoms with Crippen molar-refractivity contribution >= 4 is 12.2 Å². The van der Waals surface area contributed by atoms with E-state index < -0.39 is 5.60 Å². The zero-order chi connectivity index (χ0) is 23.5. The Morgan fingerprint density at radius 3 is 2.24 bits per heavy atom. The molecule has 2 amide bonds. The van der Waals surface area contributed by atoms with Gasteiger partial charge in [0.15, 0.2) is 0 Å². The summed E-state index contributed by atoms with van der Waals surface area (Å²) in [5.74, 6) is 0. The van der Waals surface area contributed by atoms with Gasteiger partial charge in [0, 0.05) is 38.3 Å². The molecular weight excluding hydrogens is 418 g/mol. The fraction of sp³-hybridized carbons (Fsp3) is 0.692. The molecule has 3 aliphatic rings. The number of hydrogen-bond acceptors (Lipinski definition) is 5. The minimum absolute atomic E-state index is 0.176. The number of piperidine rings is 2. The van der Waals surface area contributed by atoms with Crippen molar-refractivity contribution in [1.82, 2.24) is 15.1 Å². The highest BCUT2D eigenvalue weighted by molar-refractivity contribution is 5.68. The monoisotopic (exact) mass is 457 g/mol. The number of rotatable bonds is 4. The van der Waals surface area contributed by atoms with Crippen LogP contribution in [0.3, 0.4) is 0 Å². The maximum Gasteiger partial charge on any atom is 0.410 e. The molecule has 7 nitrogen and oxygen atoms in total. The Bertz CT molecular complexity index is 807. The van der Waals surface area contributed by atoms with E-state index in [0.29, 0.717) is 18.1 Å². The molecule has 7 heteroatoms. The average molecular weight is 458 g/mol.